The summed E-state index contributed by atoms with van der Waals surface area (Å²) in [4.78, 5) is 45.8. The van der Waals surface area contributed by atoms with Gasteiger partial charge in [-0.3, -0.25) is 14.2 Å². The number of nitrogens with one attached hydrogen (secondary N) is 2. The number of hydrogen-bond donors (Lipinski definition) is 6. The third kappa shape index (κ3) is 9.57. The molecule has 0 rings (SSSR count). The van der Waals surface area contributed by atoms with Gasteiger partial charge in [-0.25, -0.2) is 4.79 Å². The fourth-order valence-electron chi connectivity index (χ4n) is 2.11. The predicted octanol–water partition coefficient (Wildman–Crippen LogP) is -0.504. The van der Waals surface area contributed by atoms with E-state index in [1.54, 1.807) is 0 Å². The van der Waals surface area contributed by atoms with Crippen LogP contribution in [0.15, 0.2) is 0 Å². The van der Waals surface area contributed by atoms with E-state index in [-0.39, 0.29) is 6.42 Å². The SMILES string of the molecule is CCC[C@H](N)C(=O)N[C@@H](CCSC)C(=O)NC(CP(=O)(O)C(C)N)C(=O)O. The van der Waals surface area contributed by atoms with Crippen molar-refractivity contribution in [1.29, 1.82) is 0 Å². The molecule has 0 aromatic heterocycles. The maximum absolute atomic E-state index is 12.5. The van der Waals surface area contributed by atoms with E-state index in [0.717, 1.165) is 0 Å². The fourth-order valence-corrected chi connectivity index (χ4v) is 3.69. The van der Waals surface area contributed by atoms with E-state index in [9.17, 15) is 28.9 Å². The Labute approximate surface area is 163 Å². The normalized spacial score (nSPS) is 17.9. The number of carboxylic acid groups (broad SMARTS) is 1. The molecule has 0 aliphatic rings. The van der Waals surface area contributed by atoms with Crippen LogP contribution in [0.2, 0.25) is 0 Å². The third-order valence-electron chi connectivity index (χ3n) is 3.88. The highest BCUT2D eigenvalue weighted by molar-refractivity contribution is 7.98. The average molecular weight is 426 g/mol. The molecule has 0 spiro atoms. The lowest BCUT2D eigenvalue weighted by Crippen LogP contribution is -2.55. The van der Waals surface area contributed by atoms with Crippen molar-refractivity contribution in [1.82, 2.24) is 10.6 Å². The quantitative estimate of drug-likeness (QED) is 0.211. The summed E-state index contributed by atoms with van der Waals surface area (Å²) < 4.78 is 12.0. The predicted molar refractivity (Wildman–Crippen MR) is 106 cm³/mol. The topological polar surface area (TPSA) is 185 Å². The lowest BCUT2D eigenvalue weighted by Gasteiger charge is -2.24. The number of rotatable bonds is 13. The van der Waals surface area contributed by atoms with Crippen LogP contribution < -0.4 is 22.1 Å². The van der Waals surface area contributed by atoms with E-state index < -0.39 is 55.2 Å². The van der Waals surface area contributed by atoms with Gasteiger partial charge in [-0.05, 0) is 31.8 Å². The molecule has 2 amide bonds. The molecular weight excluding hydrogens is 395 g/mol. The number of amides is 2. The van der Waals surface area contributed by atoms with Crippen molar-refractivity contribution in [2.75, 3.05) is 18.2 Å². The van der Waals surface area contributed by atoms with E-state index in [1.807, 2.05) is 13.2 Å². The van der Waals surface area contributed by atoms with Crippen LogP contribution >= 0.6 is 19.1 Å². The maximum Gasteiger partial charge on any atom is 0.326 e. The standard InChI is InChI=1S/C15H31N4O6PS/c1-4-5-10(17)13(20)18-11(6-7-27-3)14(21)19-12(15(22)23)8-26(24,25)9(2)16/h9-12H,4-8,16-17H2,1-3H3,(H,18,20)(H,19,21)(H,22,23)(H,24,25)/t9?,10-,11-,12?/m0/s1. The van der Waals surface area contributed by atoms with Gasteiger partial charge in [0.15, 0.2) is 0 Å². The van der Waals surface area contributed by atoms with Crippen LogP contribution in [0, 0.1) is 0 Å². The van der Waals surface area contributed by atoms with Crippen molar-refractivity contribution in [3.05, 3.63) is 0 Å². The van der Waals surface area contributed by atoms with Gasteiger partial charge in [-0.15, -0.1) is 0 Å². The zero-order chi connectivity index (χ0) is 21.2. The molecular formula is C15H31N4O6PS. The summed E-state index contributed by atoms with van der Waals surface area (Å²) in [5.41, 5.74) is 11.2. The summed E-state index contributed by atoms with van der Waals surface area (Å²) in [5, 5.41) is 14.0. The van der Waals surface area contributed by atoms with Gasteiger partial charge >= 0.3 is 5.97 Å². The zero-order valence-corrected chi connectivity index (χ0v) is 17.6. The monoisotopic (exact) mass is 426 g/mol. The second kappa shape index (κ2) is 12.4. The van der Waals surface area contributed by atoms with Gasteiger partial charge in [0.2, 0.25) is 19.2 Å². The highest BCUT2D eigenvalue weighted by atomic mass is 32.2. The molecule has 0 saturated carbocycles. The summed E-state index contributed by atoms with van der Waals surface area (Å²) in [6, 6.07) is -3.37. The van der Waals surface area contributed by atoms with E-state index in [2.05, 4.69) is 10.6 Å². The maximum atomic E-state index is 12.5. The summed E-state index contributed by atoms with van der Waals surface area (Å²) in [6.45, 7) is 3.16. The van der Waals surface area contributed by atoms with E-state index in [0.29, 0.717) is 18.6 Å². The summed E-state index contributed by atoms with van der Waals surface area (Å²) in [6.07, 6.45) is 2.52. The Bertz CT molecular complexity index is 562. The van der Waals surface area contributed by atoms with E-state index in [1.165, 1.54) is 18.7 Å². The van der Waals surface area contributed by atoms with Crippen molar-refractivity contribution in [2.24, 2.45) is 11.5 Å². The van der Waals surface area contributed by atoms with Crippen LogP contribution in [0.5, 0.6) is 0 Å². The van der Waals surface area contributed by atoms with Gasteiger partial charge in [0, 0.05) is 0 Å². The molecule has 0 saturated heterocycles. The van der Waals surface area contributed by atoms with Crippen LogP contribution in [-0.2, 0) is 18.9 Å². The van der Waals surface area contributed by atoms with Gasteiger partial charge in [-0.1, -0.05) is 13.3 Å². The molecule has 3 unspecified atom stereocenters. The highest BCUT2D eigenvalue weighted by Crippen LogP contribution is 2.44. The van der Waals surface area contributed by atoms with Crippen LogP contribution in [0.3, 0.4) is 0 Å². The smallest absolute Gasteiger partial charge is 0.326 e. The molecule has 158 valence electrons. The highest BCUT2D eigenvalue weighted by Gasteiger charge is 2.34. The summed E-state index contributed by atoms with van der Waals surface area (Å²) in [7, 11) is -3.96. The zero-order valence-electron chi connectivity index (χ0n) is 15.9. The lowest BCUT2D eigenvalue weighted by atomic mass is 10.1. The first-order valence-corrected chi connectivity index (χ1v) is 11.9. The first kappa shape index (κ1) is 25.9. The number of carbonyl (C=O) groups excluding carboxylic acids is 2. The van der Waals surface area contributed by atoms with Crippen LogP contribution in [0.4, 0.5) is 0 Å². The molecule has 0 aromatic carbocycles. The van der Waals surface area contributed by atoms with Crippen molar-refractivity contribution in [2.45, 2.75) is 57.0 Å². The molecule has 10 nitrogen and oxygen atoms in total. The largest absolute Gasteiger partial charge is 0.480 e. The van der Waals surface area contributed by atoms with Crippen LogP contribution in [0.1, 0.15) is 33.1 Å². The second-order valence-corrected chi connectivity index (χ2v) is 9.99. The fraction of sp³-hybridized carbons (Fsp3) is 0.800. The minimum absolute atomic E-state index is 0.258. The minimum Gasteiger partial charge on any atom is -0.480 e. The summed E-state index contributed by atoms with van der Waals surface area (Å²) in [5.74, 6) is -3.31. The van der Waals surface area contributed by atoms with Crippen LogP contribution in [0.25, 0.3) is 0 Å². The van der Waals surface area contributed by atoms with Gasteiger partial charge in [0.1, 0.15) is 12.1 Å². The number of hydrogen-bond acceptors (Lipinski definition) is 7. The molecule has 0 fully saturated rings. The molecule has 0 heterocycles. The van der Waals surface area contributed by atoms with Crippen LogP contribution in [-0.4, -0.2) is 69.9 Å². The Balaban J connectivity index is 5.19. The number of thioether (sulfide) groups is 1. The van der Waals surface area contributed by atoms with Gasteiger partial charge in [-0.2, -0.15) is 11.8 Å². The van der Waals surface area contributed by atoms with E-state index in [4.69, 9.17) is 11.5 Å². The molecule has 5 atom stereocenters. The van der Waals surface area contributed by atoms with Crippen molar-refractivity contribution < 1.29 is 28.9 Å². The molecule has 0 radical (unpaired) electrons. The summed E-state index contributed by atoms with van der Waals surface area (Å²) >= 11 is 1.45. The Morgan fingerprint density at radius 3 is 2.11 bits per heavy atom. The van der Waals surface area contributed by atoms with Gasteiger partial charge < -0.3 is 32.1 Å². The Morgan fingerprint density at radius 1 is 1.11 bits per heavy atom. The van der Waals surface area contributed by atoms with Crippen molar-refractivity contribution >= 4 is 36.9 Å². The molecule has 12 heteroatoms. The van der Waals surface area contributed by atoms with E-state index >= 15 is 0 Å². The molecule has 0 aromatic rings. The Hall–Kier alpha value is -1.13. The third-order valence-corrected chi connectivity index (χ3v) is 6.68. The molecule has 8 N–H and O–H groups in total. The first-order chi connectivity index (χ1) is 12.5. The van der Waals surface area contributed by atoms with Crippen molar-refractivity contribution in [3.8, 4) is 0 Å². The van der Waals surface area contributed by atoms with Gasteiger partial charge in [0.05, 0.1) is 18.0 Å². The molecule has 0 bridgehead atoms. The first-order valence-electron chi connectivity index (χ1n) is 8.61. The molecule has 27 heavy (non-hydrogen) atoms. The number of nitrogens with two attached hydrogens (primary N) is 2. The second-order valence-electron chi connectivity index (χ2n) is 6.32. The lowest BCUT2D eigenvalue weighted by molar-refractivity contribution is -0.141. The number of carboxylic acids is 1. The Kier molecular flexibility index (Phi) is 11.8. The number of aliphatic carboxylic acids is 1. The van der Waals surface area contributed by atoms with Crippen molar-refractivity contribution in [3.63, 3.8) is 0 Å². The van der Waals surface area contributed by atoms with Gasteiger partial charge in [0.25, 0.3) is 0 Å². The Morgan fingerprint density at radius 2 is 1.67 bits per heavy atom. The minimum atomic E-state index is -3.96. The molecule has 0 aliphatic heterocycles. The number of carbonyl (C=O) groups is 3. The molecule has 0 aliphatic carbocycles. The average Bonchev–Trinajstić information content (AvgIpc) is 2.57.